The second-order valence-corrected chi connectivity index (χ2v) is 5.91. The van der Waals surface area contributed by atoms with Crippen LogP contribution in [0.25, 0.3) is 22.3 Å². The molecule has 4 rings (SSSR count). The third-order valence-corrected chi connectivity index (χ3v) is 3.94. The van der Waals surface area contributed by atoms with Gasteiger partial charge in [-0.15, -0.1) is 0 Å². The second kappa shape index (κ2) is 6.44. The molecule has 0 bridgehead atoms. The Kier molecular flexibility index (Phi) is 4.06. The van der Waals surface area contributed by atoms with Gasteiger partial charge in [0.05, 0.1) is 23.1 Å². The zero-order valence-electron chi connectivity index (χ0n) is 14.0. The van der Waals surface area contributed by atoms with Crippen molar-refractivity contribution in [2.45, 2.75) is 12.7 Å². The van der Waals surface area contributed by atoms with Gasteiger partial charge in [0.25, 0.3) is 5.56 Å². The lowest BCUT2D eigenvalue weighted by Gasteiger charge is -2.10. The number of aromatic nitrogens is 6. The van der Waals surface area contributed by atoms with Crippen molar-refractivity contribution in [3.8, 4) is 11.4 Å². The molecular weight excluding hydrogens is 377 g/mol. The molecule has 0 amide bonds. The molecule has 0 radical (unpaired) electrons. The molecule has 11 heteroatoms. The molecule has 1 aromatic carbocycles. The number of pyridine rings is 1. The minimum atomic E-state index is -4.71. The predicted octanol–water partition coefficient (Wildman–Crippen LogP) is 1.69. The standard InChI is InChI=1S/C17H11F3N6O2/c18-17(19,20)10-24-15(27)8-22-26(16(24)28)12-3-4-14-11(6-12)9-25(23-14)13-2-1-5-21-7-13/h1-9H,10H2. The number of rotatable bonds is 3. The molecule has 3 aromatic heterocycles. The first-order chi connectivity index (χ1) is 13.3. The summed E-state index contributed by atoms with van der Waals surface area (Å²) in [6.07, 6.45) is 0.894. The molecule has 8 nitrogen and oxygen atoms in total. The summed E-state index contributed by atoms with van der Waals surface area (Å²) in [4.78, 5) is 28.0. The van der Waals surface area contributed by atoms with Gasteiger partial charge in [-0.1, -0.05) is 0 Å². The predicted molar refractivity (Wildman–Crippen MR) is 92.6 cm³/mol. The zero-order valence-corrected chi connectivity index (χ0v) is 14.0. The summed E-state index contributed by atoms with van der Waals surface area (Å²) in [5.41, 5.74) is -0.773. The van der Waals surface area contributed by atoms with Gasteiger partial charge in [-0.05, 0) is 30.3 Å². The summed E-state index contributed by atoms with van der Waals surface area (Å²) < 4.78 is 40.4. The van der Waals surface area contributed by atoms with Crippen LogP contribution in [0.15, 0.2) is 64.7 Å². The lowest BCUT2D eigenvalue weighted by atomic mass is 10.2. The molecule has 4 aromatic rings. The SMILES string of the molecule is O=c1cnn(-c2ccc3nn(-c4cccnc4)cc3c2)c(=O)n1CC(F)(F)F. The van der Waals surface area contributed by atoms with Gasteiger partial charge in [-0.25, -0.2) is 14.0 Å². The molecule has 0 atom stereocenters. The molecular formula is C17H11F3N6O2. The molecule has 0 unspecified atom stereocenters. The minimum absolute atomic E-state index is 0.0935. The summed E-state index contributed by atoms with van der Waals surface area (Å²) in [5, 5.41) is 8.69. The van der Waals surface area contributed by atoms with E-state index in [0.29, 0.717) is 22.8 Å². The van der Waals surface area contributed by atoms with Crippen LogP contribution in [-0.4, -0.2) is 35.3 Å². The highest BCUT2D eigenvalue weighted by atomic mass is 19.4. The van der Waals surface area contributed by atoms with Gasteiger partial charge in [-0.2, -0.15) is 28.1 Å². The van der Waals surface area contributed by atoms with Crippen LogP contribution in [-0.2, 0) is 6.54 Å². The van der Waals surface area contributed by atoms with Crippen molar-refractivity contribution >= 4 is 10.9 Å². The average Bonchev–Trinajstić information content (AvgIpc) is 3.08. The molecule has 0 aliphatic heterocycles. The van der Waals surface area contributed by atoms with Gasteiger partial charge < -0.3 is 0 Å². The summed E-state index contributed by atoms with van der Waals surface area (Å²) in [7, 11) is 0. The maximum atomic E-state index is 12.7. The Morgan fingerprint density at radius 1 is 1.04 bits per heavy atom. The van der Waals surface area contributed by atoms with E-state index in [1.807, 2.05) is 0 Å². The van der Waals surface area contributed by atoms with E-state index >= 15 is 0 Å². The molecule has 0 saturated carbocycles. The van der Waals surface area contributed by atoms with Crippen LogP contribution in [0.4, 0.5) is 13.2 Å². The smallest absolute Gasteiger partial charge is 0.267 e. The van der Waals surface area contributed by atoms with Crippen LogP contribution in [0.5, 0.6) is 0 Å². The Labute approximate surface area is 154 Å². The van der Waals surface area contributed by atoms with Crippen molar-refractivity contribution in [2.24, 2.45) is 0 Å². The normalized spacial score (nSPS) is 11.8. The fraction of sp³-hybridized carbons (Fsp3) is 0.118. The first-order valence-corrected chi connectivity index (χ1v) is 7.98. The summed E-state index contributed by atoms with van der Waals surface area (Å²) in [5.74, 6) is 0. The van der Waals surface area contributed by atoms with Gasteiger partial charge in [-0.3, -0.25) is 9.78 Å². The monoisotopic (exact) mass is 388 g/mol. The number of hydrogen-bond donors (Lipinski definition) is 0. The van der Waals surface area contributed by atoms with Gasteiger partial charge in [0.15, 0.2) is 0 Å². The zero-order chi connectivity index (χ0) is 19.9. The molecule has 0 aliphatic rings. The van der Waals surface area contributed by atoms with Crippen LogP contribution in [0.1, 0.15) is 0 Å². The quantitative estimate of drug-likeness (QED) is 0.533. The molecule has 0 fully saturated rings. The van der Waals surface area contributed by atoms with E-state index in [4.69, 9.17) is 0 Å². The largest absolute Gasteiger partial charge is 0.406 e. The molecule has 0 N–H and O–H groups in total. The number of alkyl halides is 3. The third kappa shape index (κ3) is 3.29. The number of halogens is 3. The van der Waals surface area contributed by atoms with Crippen molar-refractivity contribution in [3.05, 3.63) is 76.0 Å². The van der Waals surface area contributed by atoms with Crippen LogP contribution in [0.2, 0.25) is 0 Å². The summed E-state index contributed by atoms with van der Waals surface area (Å²) in [6, 6.07) is 8.19. The molecule has 0 aliphatic carbocycles. The van der Waals surface area contributed by atoms with Crippen LogP contribution in [0.3, 0.4) is 0 Å². The van der Waals surface area contributed by atoms with Gasteiger partial charge in [0.1, 0.15) is 12.7 Å². The van der Waals surface area contributed by atoms with E-state index in [1.54, 1.807) is 47.5 Å². The molecule has 3 heterocycles. The molecule has 142 valence electrons. The lowest BCUT2D eigenvalue weighted by Crippen LogP contribution is -2.43. The van der Waals surface area contributed by atoms with Gasteiger partial charge >= 0.3 is 11.9 Å². The maximum absolute atomic E-state index is 12.7. The van der Waals surface area contributed by atoms with Crippen molar-refractivity contribution in [3.63, 3.8) is 0 Å². The first kappa shape index (κ1) is 17.6. The Morgan fingerprint density at radius 3 is 2.57 bits per heavy atom. The van der Waals surface area contributed by atoms with Crippen LogP contribution >= 0.6 is 0 Å². The summed E-state index contributed by atoms with van der Waals surface area (Å²) >= 11 is 0. The Balaban J connectivity index is 1.81. The Bertz CT molecular complexity index is 1270. The van der Waals surface area contributed by atoms with Gasteiger partial charge in [0.2, 0.25) is 0 Å². The van der Waals surface area contributed by atoms with E-state index in [9.17, 15) is 22.8 Å². The Hall–Kier alpha value is -3.76. The Morgan fingerprint density at radius 2 is 1.86 bits per heavy atom. The number of benzene rings is 1. The highest BCUT2D eigenvalue weighted by Crippen LogP contribution is 2.19. The molecule has 0 spiro atoms. The third-order valence-electron chi connectivity index (χ3n) is 3.94. The number of nitrogens with zero attached hydrogens (tertiary/aromatic N) is 6. The number of hydrogen-bond acceptors (Lipinski definition) is 5. The number of fused-ring (bicyclic) bond motifs is 1. The summed E-state index contributed by atoms with van der Waals surface area (Å²) in [6.45, 7) is -1.69. The van der Waals surface area contributed by atoms with Crippen molar-refractivity contribution < 1.29 is 13.2 Å². The van der Waals surface area contributed by atoms with Gasteiger partial charge in [0, 0.05) is 17.8 Å². The van der Waals surface area contributed by atoms with Crippen molar-refractivity contribution in [1.82, 2.24) is 29.1 Å². The first-order valence-electron chi connectivity index (χ1n) is 7.98. The average molecular weight is 388 g/mol. The fourth-order valence-corrected chi connectivity index (χ4v) is 2.70. The van der Waals surface area contributed by atoms with Crippen molar-refractivity contribution in [2.75, 3.05) is 0 Å². The lowest BCUT2D eigenvalue weighted by molar-refractivity contribution is -0.142. The highest BCUT2D eigenvalue weighted by molar-refractivity contribution is 5.80. The van der Waals surface area contributed by atoms with E-state index in [2.05, 4.69) is 15.2 Å². The van der Waals surface area contributed by atoms with Crippen LogP contribution < -0.4 is 11.2 Å². The van der Waals surface area contributed by atoms with E-state index in [-0.39, 0.29) is 10.3 Å². The van der Waals surface area contributed by atoms with Crippen molar-refractivity contribution in [1.29, 1.82) is 0 Å². The second-order valence-electron chi connectivity index (χ2n) is 5.91. The fourth-order valence-electron chi connectivity index (χ4n) is 2.70. The van der Waals surface area contributed by atoms with Crippen LogP contribution in [0, 0.1) is 0 Å². The highest BCUT2D eigenvalue weighted by Gasteiger charge is 2.30. The maximum Gasteiger partial charge on any atom is 0.406 e. The minimum Gasteiger partial charge on any atom is -0.267 e. The molecule has 0 saturated heterocycles. The van der Waals surface area contributed by atoms with E-state index in [0.717, 1.165) is 4.68 Å². The van der Waals surface area contributed by atoms with E-state index in [1.165, 1.54) is 6.07 Å². The molecule has 28 heavy (non-hydrogen) atoms. The van der Waals surface area contributed by atoms with E-state index < -0.39 is 24.0 Å². The topological polar surface area (TPSA) is 87.6 Å².